The zero-order valence-electron chi connectivity index (χ0n) is 20.1. The molecule has 2 aromatic carbocycles. The molecule has 0 aliphatic carbocycles. The fourth-order valence-corrected chi connectivity index (χ4v) is 5.12. The van der Waals surface area contributed by atoms with Crippen LogP contribution in [-0.2, 0) is 28.7 Å². The number of cyclic esters (lactones) is 1. The van der Waals surface area contributed by atoms with Crippen LogP contribution in [0.2, 0.25) is 0 Å². The number of fused-ring (bicyclic) bond motifs is 1. The van der Waals surface area contributed by atoms with Gasteiger partial charge in [-0.15, -0.1) is 0 Å². The summed E-state index contributed by atoms with van der Waals surface area (Å²) >= 11 is 0. The number of benzene rings is 2. The Labute approximate surface area is 197 Å². The van der Waals surface area contributed by atoms with E-state index in [1.54, 1.807) is 0 Å². The highest BCUT2D eigenvalue weighted by Crippen LogP contribution is 2.31. The Balaban J connectivity index is 1.32. The molecular formula is C29H37FO3. The van der Waals surface area contributed by atoms with Crippen molar-refractivity contribution in [2.24, 2.45) is 0 Å². The largest absolute Gasteiger partial charge is 0.458 e. The Kier molecular flexibility index (Phi) is 8.19. The first-order chi connectivity index (χ1) is 16.1. The predicted molar refractivity (Wildman–Crippen MR) is 129 cm³/mol. The van der Waals surface area contributed by atoms with Crippen molar-refractivity contribution >= 4 is 5.97 Å². The molecule has 2 aromatic rings. The van der Waals surface area contributed by atoms with Gasteiger partial charge in [0.05, 0.1) is 18.3 Å². The topological polar surface area (TPSA) is 35.5 Å². The van der Waals surface area contributed by atoms with Gasteiger partial charge in [-0.05, 0) is 60.8 Å². The molecule has 0 spiro atoms. The van der Waals surface area contributed by atoms with Crippen molar-refractivity contribution in [2.45, 2.75) is 96.2 Å². The van der Waals surface area contributed by atoms with Crippen LogP contribution in [0.1, 0.15) is 97.3 Å². The van der Waals surface area contributed by atoms with Crippen molar-refractivity contribution in [3.05, 3.63) is 70.0 Å². The minimum absolute atomic E-state index is 0.137. The van der Waals surface area contributed by atoms with E-state index in [1.807, 2.05) is 19.1 Å². The number of halogens is 1. The molecule has 0 amide bonds. The van der Waals surface area contributed by atoms with E-state index in [4.69, 9.17) is 9.47 Å². The number of carbonyl (C=O) groups is 1. The third-order valence-electron chi connectivity index (χ3n) is 7.32. The average molecular weight is 453 g/mol. The monoisotopic (exact) mass is 452 g/mol. The van der Waals surface area contributed by atoms with E-state index >= 15 is 4.39 Å². The number of unbranched alkanes of at least 4 members (excludes halogenated alkanes) is 2. The Bertz CT molecular complexity index is 929. The van der Waals surface area contributed by atoms with Crippen LogP contribution in [0.5, 0.6) is 0 Å². The average Bonchev–Trinajstić information content (AvgIpc) is 2.84. The van der Waals surface area contributed by atoms with E-state index in [9.17, 15) is 4.79 Å². The Morgan fingerprint density at radius 3 is 2.48 bits per heavy atom. The molecule has 3 unspecified atom stereocenters. The first kappa shape index (κ1) is 23.9. The fourth-order valence-electron chi connectivity index (χ4n) is 5.12. The van der Waals surface area contributed by atoms with Crippen LogP contribution in [0.3, 0.4) is 0 Å². The first-order valence-electron chi connectivity index (χ1n) is 12.8. The van der Waals surface area contributed by atoms with Crippen LogP contribution < -0.4 is 0 Å². The summed E-state index contributed by atoms with van der Waals surface area (Å²) in [7, 11) is 0. The molecule has 1 fully saturated rings. The van der Waals surface area contributed by atoms with Gasteiger partial charge in [0.25, 0.3) is 0 Å². The third-order valence-corrected chi connectivity index (χ3v) is 7.32. The summed E-state index contributed by atoms with van der Waals surface area (Å²) in [5, 5.41) is 0. The van der Waals surface area contributed by atoms with Gasteiger partial charge in [0.2, 0.25) is 0 Å². The van der Waals surface area contributed by atoms with E-state index < -0.39 is 11.8 Å². The lowest BCUT2D eigenvalue weighted by Crippen LogP contribution is -2.28. The number of hydrogen-bond acceptors (Lipinski definition) is 3. The second-order valence-electron chi connectivity index (χ2n) is 9.68. The minimum atomic E-state index is -0.519. The lowest BCUT2D eigenvalue weighted by atomic mass is 9.89. The highest BCUT2D eigenvalue weighted by molar-refractivity contribution is 5.92. The lowest BCUT2D eigenvalue weighted by molar-refractivity contribution is -0.00208. The molecular weight excluding hydrogens is 415 g/mol. The van der Waals surface area contributed by atoms with E-state index in [-0.39, 0.29) is 11.7 Å². The van der Waals surface area contributed by atoms with Gasteiger partial charge in [0.1, 0.15) is 11.9 Å². The summed E-state index contributed by atoms with van der Waals surface area (Å²) in [6.07, 6.45) is 10.3. The summed E-state index contributed by atoms with van der Waals surface area (Å²) < 4.78 is 26.6. The minimum Gasteiger partial charge on any atom is -0.458 e. The highest BCUT2D eigenvalue weighted by Gasteiger charge is 2.29. The maximum absolute atomic E-state index is 15.1. The molecule has 2 heterocycles. The van der Waals surface area contributed by atoms with Crippen molar-refractivity contribution in [1.29, 1.82) is 0 Å². The Morgan fingerprint density at radius 2 is 1.79 bits per heavy atom. The molecule has 0 N–H and O–H groups in total. The Hall–Kier alpha value is -2.20. The summed E-state index contributed by atoms with van der Waals surface area (Å²) in [6, 6.07) is 12.4. The summed E-state index contributed by atoms with van der Waals surface area (Å²) in [5.74, 6) is -0.455. The van der Waals surface area contributed by atoms with Gasteiger partial charge in [-0.2, -0.15) is 0 Å². The number of hydrogen-bond donors (Lipinski definition) is 0. The second kappa shape index (κ2) is 11.3. The normalized spacial score (nSPS) is 22.6. The molecule has 3 nitrogen and oxygen atoms in total. The predicted octanol–water partition coefficient (Wildman–Crippen LogP) is 6.95. The number of carbonyl (C=O) groups excluding carboxylic acids is 1. The van der Waals surface area contributed by atoms with Gasteiger partial charge in [-0.25, -0.2) is 9.18 Å². The van der Waals surface area contributed by atoms with Crippen LogP contribution in [0.15, 0.2) is 36.4 Å². The van der Waals surface area contributed by atoms with Crippen molar-refractivity contribution in [2.75, 3.05) is 6.61 Å². The maximum atomic E-state index is 15.1. The van der Waals surface area contributed by atoms with E-state index in [0.29, 0.717) is 30.4 Å². The SMILES string of the molecule is CCCCCC1CCC(c2ccc(CCc3ccc4c(c3F)C(=O)OC(CC)C4)cc2)CO1. The molecule has 1 saturated heterocycles. The fraction of sp³-hybridized carbons (Fsp3) is 0.552. The van der Waals surface area contributed by atoms with Gasteiger partial charge in [0, 0.05) is 12.3 Å². The second-order valence-corrected chi connectivity index (χ2v) is 9.68. The Morgan fingerprint density at radius 1 is 0.970 bits per heavy atom. The summed E-state index contributed by atoms with van der Waals surface area (Å²) in [5.41, 5.74) is 4.00. The van der Waals surface area contributed by atoms with Gasteiger partial charge in [0.15, 0.2) is 0 Å². The lowest BCUT2D eigenvalue weighted by Gasteiger charge is -2.29. The number of esters is 1. The van der Waals surface area contributed by atoms with E-state index in [1.165, 1.54) is 43.2 Å². The summed E-state index contributed by atoms with van der Waals surface area (Å²) in [6.45, 7) is 5.03. The zero-order chi connectivity index (χ0) is 23.2. The molecule has 0 aromatic heterocycles. The van der Waals surface area contributed by atoms with E-state index in [2.05, 4.69) is 31.2 Å². The van der Waals surface area contributed by atoms with Crippen molar-refractivity contribution < 1.29 is 18.7 Å². The van der Waals surface area contributed by atoms with Crippen LogP contribution in [0.25, 0.3) is 0 Å². The standard InChI is InChI=1S/C29H37FO3/c1-3-5-6-7-26-17-16-24(19-32-26)21-11-8-20(9-12-21)10-13-22-14-15-23-18-25(4-2)33-29(31)27(23)28(22)30/h8-9,11-12,14-15,24-26H,3-7,10,13,16-19H2,1-2H3. The van der Waals surface area contributed by atoms with Crippen molar-refractivity contribution in [1.82, 2.24) is 0 Å². The third kappa shape index (κ3) is 5.84. The highest BCUT2D eigenvalue weighted by atomic mass is 19.1. The van der Waals surface area contributed by atoms with Crippen molar-refractivity contribution in [3.8, 4) is 0 Å². The molecule has 0 bridgehead atoms. The quantitative estimate of drug-likeness (QED) is 0.305. The molecule has 33 heavy (non-hydrogen) atoms. The number of aryl methyl sites for hydroxylation is 2. The first-order valence-corrected chi connectivity index (χ1v) is 12.8. The molecule has 2 aliphatic rings. The van der Waals surface area contributed by atoms with Crippen LogP contribution in [0, 0.1) is 5.82 Å². The molecule has 0 radical (unpaired) electrons. The summed E-state index contributed by atoms with van der Waals surface area (Å²) in [4.78, 5) is 12.3. The van der Waals surface area contributed by atoms with Gasteiger partial charge < -0.3 is 9.47 Å². The molecule has 2 aliphatic heterocycles. The zero-order valence-corrected chi connectivity index (χ0v) is 20.1. The molecule has 3 atom stereocenters. The number of ether oxygens (including phenoxy) is 2. The van der Waals surface area contributed by atoms with Gasteiger partial charge >= 0.3 is 5.97 Å². The maximum Gasteiger partial charge on any atom is 0.341 e. The molecule has 4 heteroatoms. The van der Waals surface area contributed by atoms with Gasteiger partial charge in [-0.1, -0.05) is 69.5 Å². The van der Waals surface area contributed by atoms with Gasteiger partial charge in [-0.3, -0.25) is 0 Å². The molecule has 178 valence electrons. The molecule has 0 saturated carbocycles. The molecule has 4 rings (SSSR count). The van der Waals surface area contributed by atoms with E-state index in [0.717, 1.165) is 31.4 Å². The van der Waals surface area contributed by atoms with Crippen LogP contribution in [-0.4, -0.2) is 24.8 Å². The number of rotatable bonds is 9. The smallest absolute Gasteiger partial charge is 0.341 e. The van der Waals surface area contributed by atoms with Crippen molar-refractivity contribution in [3.63, 3.8) is 0 Å². The van der Waals surface area contributed by atoms with Crippen LogP contribution >= 0.6 is 0 Å². The van der Waals surface area contributed by atoms with Crippen LogP contribution in [0.4, 0.5) is 4.39 Å².